The first-order chi connectivity index (χ1) is 6.96. The van der Waals surface area contributed by atoms with E-state index in [0.29, 0.717) is 6.42 Å². The Morgan fingerprint density at radius 3 is 2.67 bits per heavy atom. The Bertz CT molecular complexity index is 362. The van der Waals surface area contributed by atoms with Gasteiger partial charge in [0.1, 0.15) is 0 Å². The van der Waals surface area contributed by atoms with Gasteiger partial charge in [-0.05, 0) is 13.3 Å². The Morgan fingerprint density at radius 1 is 1.53 bits per heavy atom. The van der Waals surface area contributed by atoms with E-state index in [1.807, 2.05) is 0 Å². The zero-order chi connectivity index (χ0) is 11.5. The first-order valence-electron chi connectivity index (χ1n) is 4.81. The molecule has 2 amide bonds. The number of amides is 2. The molecule has 0 aromatic rings. The molecular weight excluding hydrogens is 216 g/mol. The maximum absolute atomic E-state index is 11.5. The van der Waals surface area contributed by atoms with Crippen molar-refractivity contribution in [2.24, 2.45) is 0 Å². The highest BCUT2D eigenvalue weighted by Gasteiger charge is 2.32. The standard InChI is InChI=1S/C9H16N2O3S/c1-3-5-10-9(12)11(2)8-4-6-15(13,14)7-8/h3,5,8H,4,6-7H2,1-2H3,(H,10,12)/b5-3+. The van der Waals surface area contributed by atoms with E-state index in [1.54, 1.807) is 20.0 Å². The maximum atomic E-state index is 11.5. The molecule has 0 aromatic carbocycles. The zero-order valence-corrected chi connectivity index (χ0v) is 9.75. The molecule has 6 heteroatoms. The Kier molecular flexibility index (Phi) is 3.73. The van der Waals surface area contributed by atoms with Gasteiger partial charge >= 0.3 is 6.03 Å². The molecule has 1 saturated heterocycles. The third-order valence-corrected chi connectivity index (χ3v) is 4.20. The van der Waals surface area contributed by atoms with Crippen molar-refractivity contribution in [3.05, 3.63) is 12.3 Å². The highest BCUT2D eigenvalue weighted by Crippen LogP contribution is 2.16. The summed E-state index contributed by atoms with van der Waals surface area (Å²) >= 11 is 0. The monoisotopic (exact) mass is 232 g/mol. The molecule has 1 heterocycles. The minimum absolute atomic E-state index is 0.0762. The van der Waals surface area contributed by atoms with Gasteiger partial charge in [0.15, 0.2) is 9.84 Å². The third-order valence-electron chi connectivity index (χ3n) is 2.45. The molecule has 86 valence electrons. The summed E-state index contributed by atoms with van der Waals surface area (Å²) < 4.78 is 22.4. The third kappa shape index (κ3) is 3.23. The van der Waals surface area contributed by atoms with Crippen LogP contribution in [0.2, 0.25) is 0 Å². The number of sulfone groups is 1. The molecule has 0 aliphatic carbocycles. The number of hydrogen-bond donors (Lipinski definition) is 1. The van der Waals surface area contributed by atoms with Crippen LogP contribution in [0.1, 0.15) is 13.3 Å². The zero-order valence-electron chi connectivity index (χ0n) is 8.93. The van der Waals surface area contributed by atoms with Crippen molar-refractivity contribution < 1.29 is 13.2 Å². The van der Waals surface area contributed by atoms with Crippen LogP contribution in [0, 0.1) is 0 Å². The van der Waals surface area contributed by atoms with Gasteiger partial charge in [0.25, 0.3) is 0 Å². The lowest BCUT2D eigenvalue weighted by Crippen LogP contribution is -2.42. The SMILES string of the molecule is C/C=C/NC(=O)N(C)C1CCS(=O)(=O)C1. The van der Waals surface area contributed by atoms with E-state index < -0.39 is 9.84 Å². The summed E-state index contributed by atoms with van der Waals surface area (Å²) in [5.74, 6) is 0.256. The summed E-state index contributed by atoms with van der Waals surface area (Å²) in [6, 6.07) is -0.463. The normalized spacial score (nSPS) is 24.3. The smallest absolute Gasteiger partial charge is 0.321 e. The number of nitrogens with one attached hydrogen (secondary N) is 1. The molecule has 0 spiro atoms. The molecule has 0 radical (unpaired) electrons. The average Bonchev–Trinajstić information content (AvgIpc) is 2.54. The number of carbonyl (C=O) groups is 1. The lowest BCUT2D eigenvalue weighted by atomic mass is 10.2. The molecule has 0 bridgehead atoms. The molecule has 0 aromatic heterocycles. The Balaban J connectivity index is 2.55. The average molecular weight is 232 g/mol. The molecule has 1 aliphatic rings. The second kappa shape index (κ2) is 4.65. The summed E-state index contributed by atoms with van der Waals surface area (Å²) in [6.45, 7) is 1.79. The summed E-state index contributed by atoms with van der Waals surface area (Å²) in [5, 5.41) is 2.55. The van der Waals surface area contributed by atoms with E-state index in [4.69, 9.17) is 0 Å². The summed E-state index contributed by atoms with van der Waals surface area (Å²) in [6.07, 6.45) is 3.77. The molecule has 15 heavy (non-hydrogen) atoms. The van der Waals surface area contributed by atoms with Crippen molar-refractivity contribution in [1.82, 2.24) is 10.2 Å². The molecule has 1 unspecified atom stereocenters. The largest absolute Gasteiger partial charge is 0.324 e. The van der Waals surface area contributed by atoms with Crippen molar-refractivity contribution in [3.8, 4) is 0 Å². The highest BCUT2D eigenvalue weighted by atomic mass is 32.2. The van der Waals surface area contributed by atoms with Gasteiger partial charge in [0.05, 0.1) is 11.5 Å². The van der Waals surface area contributed by atoms with Crippen LogP contribution in [-0.2, 0) is 9.84 Å². The van der Waals surface area contributed by atoms with Crippen molar-refractivity contribution in [2.45, 2.75) is 19.4 Å². The number of carbonyl (C=O) groups excluding carboxylic acids is 1. The quantitative estimate of drug-likeness (QED) is 0.747. The number of urea groups is 1. The van der Waals surface area contributed by atoms with E-state index in [9.17, 15) is 13.2 Å². The van der Waals surface area contributed by atoms with Crippen LogP contribution in [0.5, 0.6) is 0 Å². The van der Waals surface area contributed by atoms with Gasteiger partial charge in [0.2, 0.25) is 0 Å². The number of hydrogen-bond acceptors (Lipinski definition) is 3. The van der Waals surface area contributed by atoms with Gasteiger partial charge in [0, 0.05) is 19.3 Å². The van der Waals surface area contributed by atoms with E-state index in [-0.39, 0.29) is 23.6 Å². The maximum Gasteiger partial charge on any atom is 0.321 e. The van der Waals surface area contributed by atoms with Gasteiger partial charge < -0.3 is 10.2 Å². The van der Waals surface area contributed by atoms with Gasteiger partial charge in [-0.2, -0.15) is 0 Å². The molecule has 1 fully saturated rings. The van der Waals surface area contributed by atoms with Gasteiger partial charge in [-0.15, -0.1) is 0 Å². The highest BCUT2D eigenvalue weighted by molar-refractivity contribution is 7.91. The van der Waals surface area contributed by atoms with Crippen LogP contribution >= 0.6 is 0 Å². The fraction of sp³-hybridized carbons (Fsp3) is 0.667. The van der Waals surface area contributed by atoms with E-state index >= 15 is 0 Å². The van der Waals surface area contributed by atoms with Crippen LogP contribution in [0.25, 0.3) is 0 Å². The Morgan fingerprint density at radius 2 is 2.20 bits per heavy atom. The summed E-state index contributed by atoms with van der Waals surface area (Å²) in [4.78, 5) is 12.9. The number of allylic oxidation sites excluding steroid dienone is 1. The fourth-order valence-corrected chi connectivity index (χ4v) is 3.28. The first kappa shape index (κ1) is 12.0. The van der Waals surface area contributed by atoms with Gasteiger partial charge in [-0.1, -0.05) is 6.08 Å². The van der Waals surface area contributed by atoms with Crippen molar-refractivity contribution in [3.63, 3.8) is 0 Å². The Labute approximate surface area is 90.1 Å². The van der Waals surface area contributed by atoms with Crippen LogP contribution in [0.4, 0.5) is 4.79 Å². The van der Waals surface area contributed by atoms with Crippen LogP contribution < -0.4 is 5.32 Å². The summed E-state index contributed by atoms with van der Waals surface area (Å²) in [5.41, 5.74) is 0. The second-order valence-corrected chi connectivity index (χ2v) is 5.85. The van der Waals surface area contributed by atoms with Gasteiger partial charge in [-0.25, -0.2) is 13.2 Å². The predicted molar refractivity (Wildman–Crippen MR) is 58.2 cm³/mol. The van der Waals surface area contributed by atoms with Crippen molar-refractivity contribution in [2.75, 3.05) is 18.6 Å². The molecular formula is C9H16N2O3S. The van der Waals surface area contributed by atoms with Crippen molar-refractivity contribution in [1.29, 1.82) is 0 Å². The minimum Gasteiger partial charge on any atom is -0.324 e. The predicted octanol–water partition coefficient (Wildman–Crippen LogP) is 0.349. The van der Waals surface area contributed by atoms with E-state index in [2.05, 4.69) is 5.32 Å². The first-order valence-corrected chi connectivity index (χ1v) is 6.63. The lowest BCUT2D eigenvalue weighted by molar-refractivity contribution is 0.199. The molecule has 1 atom stereocenters. The van der Waals surface area contributed by atoms with Crippen LogP contribution in [-0.4, -0.2) is 43.9 Å². The number of nitrogens with zero attached hydrogens (tertiary/aromatic N) is 1. The molecule has 1 rings (SSSR count). The van der Waals surface area contributed by atoms with E-state index in [0.717, 1.165) is 0 Å². The van der Waals surface area contributed by atoms with E-state index in [1.165, 1.54) is 11.1 Å². The molecule has 1 aliphatic heterocycles. The van der Waals surface area contributed by atoms with Crippen LogP contribution in [0.3, 0.4) is 0 Å². The van der Waals surface area contributed by atoms with Crippen molar-refractivity contribution >= 4 is 15.9 Å². The second-order valence-electron chi connectivity index (χ2n) is 3.62. The topological polar surface area (TPSA) is 66.5 Å². The van der Waals surface area contributed by atoms with Gasteiger partial charge in [-0.3, -0.25) is 0 Å². The molecule has 5 nitrogen and oxygen atoms in total. The molecule has 0 saturated carbocycles. The number of rotatable bonds is 2. The van der Waals surface area contributed by atoms with Crippen LogP contribution in [0.15, 0.2) is 12.3 Å². The lowest BCUT2D eigenvalue weighted by Gasteiger charge is -2.22. The minimum atomic E-state index is -2.93. The summed E-state index contributed by atoms with van der Waals surface area (Å²) in [7, 11) is -1.32. The molecule has 1 N–H and O–H groups in total. The fourth-order valence-electron chi connectivity index (χ4n) is 1.50. The Hall–Kier alpha value is -1.04.